The number of benzene rings is 1. The van der Waals surface area contributed by atoms with Gasteiger partial charge in [0.05, 0.1) is 29.5 Å². The Morgan fingerprint density at radius 2 is 2.10 bits per heavy atom. The van der Waals surface area contributed by atoms with Crippen LogP contribution in [0, 0.1) is 5.82 Å². The van der Waals surface area contributed by atoms with Crippen molar-refractivity contribution in [3.05, 3.63) is 59.3 Å². The van der Waals surface area contributed by atoms with Gasteiger partial charge >= 0.3 is 0 Å². The Hall–Kier alpha value is -3.64. The lowest BCUT2D eigenvalue weighted by Crippen LogP contribution is -2.46. The number of nitrogens with zero attached hydrogens (tertiary/aromatic N) is 6. The molecule has 206 valence electrons. The Morgan fingerprint density at radius 3 is 2.79 bits per heavy atom. The van der Waals surface area contributed by atoms with E-state index in [4.69, 9.17) is 0 Å². The van der Waals surface area contributed by atoms with Crippen LogP contribution in [-0.2, 0) is 12.1 Å². The second kappa shape index (κ2) is 10.5. The Labute approximate surface area is 229 Å². The average Bonchev–Trinajstić information content (AvgIpc) is 3.62. The van der Waals surface area contributed by atoms with Crippen molar-refractivity contribution in [1.29, 1.82) is 0 Å². The van der Waals surface area contributed by atoms with Crippen LogP contribution in [-0.4, -0.2) is 67.7 Å². The van der Waals surface area contributed by atoms with Gasteiger partial charge in [0.1, 0.15) is 22.5 Å². The number of alkyl halides is 1. The van der Waals surface area contributed by atoms with Crippen LogP contribution < -0.4 is 10.6 Å². The molecule has 0 aliphatic carbocycles. The van der Waals surface area contributed by atoms with Gasteiger partial charge in [-0.1, -0.05) is 17.9 Å². The number of halogens is 2. The first-order valence-electron chi connectivity index (χ1n) is 12.8. The summed E-state index contributed by atoms with van der Waals surface area (Å²) in [4.78, 5) is 14.6. The molecule has 0 saturated carbocycles. The number of likely N-dealkylation sites (tertiary alicyclic amines) is 1. The molecule has 0 unspecified atom stereocenters. The summed E-state index contributed by atoms with van der Waals surface area (Å²) in [5, 5.41) is 20.8. The third-order valence-electron chi connectivity index (χ3n) is 6.82. The van der Waals surface area contributed by atoms with Gasteiger partial charge in [0.25, 0.3) is 5.91 Å². The number of fused-ring (bicyclic) bond motifs is 1. The van der Waals surface area contributed by atoms with E-state index >= 15 is 0 Å². The highest BCUT2D eigenvalue weighted by Gasteiger charge is 2.29. The van der Waals surface area contributed by atoms with E-state index in [1.54, 1.807) is 16.8 Å². The van der Waals surface area contributed by atoms with E-state index in [-0.39, 0.29) is 18.0 Å². The third-order valence-corrected chi connectivity index (χ3v) is 7.72. The van der Waals surface area contributed by atoms with Crippen LogP contribution in [0.4, 0.5) is 14.5 Å². The topological polar surface area (TPSA) is 92.9 Å². The first-order chi connectivity index (χ1) is 18.5. The summed E-state index contributed by atoms with van der Waals surface area (Å²) in [6.07, 6.45) is 4.78. The molecule has 4 aromatic rings. The molecule has 9 nitrogen and oxygen atoms in total. The highest BCUT2D eigenvalue weighted by Crippen LogP contribution is 2.32. The summed E-state index contributed by atoms with van der Waals surface area (Å²) >= 11 is 1.25. The molecule has 0 spiro atoms. The molecule has 1 aliphatic heterocycles. The van der Waals surface area contributed by atoms with Crippen LogP contribution in [0.25, 0.3) is 22.1 Å². The standard InChI is InChI=1S/C27H32F2N8OS/c1-6-22-18-11-17(28)12-21(31-20-8-9-35(5)15-19(20)29)24(18)34-37(22)26-33-32-23(39-26)13-30-25(38)16-7-10-36(14-16)27(2,3)4/h6-7,10-12,14,19-20,31H,1,8-9,13,15H2,2-5H3,(H,30,38)/t19-,20+/m0/s1. The number of amides is 1. The maximum atomic E-state index is 14.7. The van der Waals surface area contributed by atoms with Crippen molar-refractivity contribution in [1.82, 2.24) is 34.8 Å². The van der Waals surface area contributed by atoms with Crippen LogP contribution in [0.1, 0.15) is 48.3 Å². The first kappa shape index (κ1) is 26.9. The molecular formula is C27H32F2N8OS. The summed E-state index contributed by atoms with van der Waals surface area (Å²) in [6, 6.07) is 4.06. The molecule has 1 fully saturated rings. The second-order valence-electron chi connectivity index (χ2n) is 10.8. The molecule has 4 heterocycles. The Morgan fingerprint density at radius 1 is 1.31 bits per heavy atom. The van der Waals surface area contributed by atoms with E-state index in [0.717, 1.165) is 6.54 Å². The number of rotatable bonds is 7. The Balaban J connectivity index is 1.37. The zero-order valence-electron chi connectivity index (χ0n) is 22.4. The minimum atomic E-state index is -1.09. The highest BCUT2D eigenvalue weighted by molar-refractivity contribution is 7.13. The number of hydrogen-bond donors (Lipinski definition) is 2. The van der Waals surface area contributed by atoms with Crippen molar-refractivity contribution in [2.75, 3.05) is 25.5 Å². The van der Waals surface area contributed by atoms with E-state index in [2.05, 4.69) is 53.3 Å². The molecule has 0 bridgehead atoms. The van der Waals surface area contributed by atoms with Crippen molar-refractivity contribution < 1.29 is 13.6 Å². The first-order valence-corrected chi connectivity index (χ1v) is 13.6. The molecule has 1 amide bonds. The van der Waals surface area contributed by atoms with E-state index in [9.17, 15) is 13.6 Å². The SMILES string of the molecule is C=Cc1c2cc(F)cc(N[C@@H]3CCN(C)C[C@@H]3F)c2nn1-c1nnc(CNC(=O)c2ccn(C(C)(C)C)c2)s1. The molecule has 1 aliphatic rings. The minimum absolute atomic E-state index is 0.123. The zero-order chi connectivity index (χ0) is 27.9. The van der Waals surface area contributed by atoms with Gasteiger partial charge in [0.2, 0.25) is 5.13 Å². The number of anilines is 1. The van der Waals surface area contributed by atoms with Gasteiger partial charge in [-0.05, 0) is 58.5 Å². The normalized spacial score (nSPS) is 18.4. The molecule has 1 saturated heterocycles. The largest absolute Gasteiger partial charge is 0.377 e. The predicted octanol–water partition coefficient (Wildman–Crippen LogP) is 4.60. The predicted molar refractivity (Wildman–Crippen MR) is 150 cm³/mol. The molecule has 0 radical (unpaired) electrons. The maximum Gasteiger partial charge on any atom is 0.253 e. The van der Waals surface area contributed by atoms with Gasteiger partial charge < -0.3 is 20.1 Å². The van der Waals surface area contributed by atoms with E-state index < -0.39 is 18.0 Å². The van der Waals surface area contributed by atoms with Crippen LogP contribution in [0.3, 0.4) is 0 Å². The molecule has 1 aromatic carbocycles. The second-order valence-corrected chi connectivity index (χ2v) is 11.8. The van der Waals surface area contributed by atoms with Crippen LogP contribution in [0.5, 0.6) is 0 Å². The molecular weight excluding hydrogens is 522 g/mol. The van der Waals surface area contributed by atoms with E-state index in [1.807, 2.05) is 28.9 Å². The van der Waals surface area contributed by atoms with Gasteiger partial charge in [-0.25, -0.2) is 13.5 Å². The van der Waals surface area contributed by atoms with Gasteiger partial charge in [0, 0.05) is 36.4 Å². The van der Waals surface area contributed by atoms with Crippen molar-refractivity contribution in [2.45, 2.75) is 51.5 Å². The van der Waals surface area contributed by atoms with Crippen molar-refractivity contribution in [2.24, 2.45) is 0 Å². The number of carbonyl (C=O) groups excluding carboxylic acids is 1. The maximum absolute atomic E-state index is 14.7. The summed E-state index contributed by atoms with van der Waals surface area (Å²) in [5.41, 5.74) is 1.89. The number of piperidine rings is 1. The van der Waals surface area contributed by atoms with Gasteiger partial charge in [0.15, 0.2) is 0 Å². The fourth-order valence-electron chi connectivity index (χ4n) is 4.65. The summed E-state index contributed by atoms with van der Waals surface area (Å²) in [6.45, 7) is 11.3. The smallest absolute Gasteiger partial charge is 0.253 e. The molecule has 2 atom stereocenters. The zero-order valence-corrected chi connectivity index (χ0v) is 23.2. The highest BCUT2D eigenvalue weighted by atomic mass is 32.1. The van der Waals surface area contributed by atoms with Crippen LogP contribution in [0.2, 0.25) is 0 Å². The Bertz CT molecular complexity index is 1520. The van der Waals surface area contributed by atoms with Crippen molar-refractivity contribution in [3.8, 4) is 5.13 Å². The average molecular weight is 555 g/mol. The van der Waals surface area contributed by atoms with Gasteiger partial charge in [-0.15, -0.1) is 10.2 Å². The van der Waals surface area contributed by atoms with Gasteiger partial charge in [-0.2, -0.15) is 5.10 Å². The lowest BCUT2D eigenvalue weighted by molar-refractivity contribution is 0.0950. The summed E-state index contributed by atoms with van der Waals surface area (Å²) < 4.78 is 32.9. The lowest BCUT2D eigenvalue weighted by atomic mass is 10.0. The summed E-state index contributed by atoms with van der Waals surface area (Å²) in [7, 11) is 1.88. The Kier molecular flexibility index (Phi) is 7.25. The van der Waals surface area contributed by atoms with Crippen LogP contribution in [0.15, 0.2) is 37.2 Å². The number of aromatic nitrogens is 5. The van der Waals surface area contributed by atoms with Crippen molar-refractivity contribution >= 4 is 39.9 Å². The van der Waals surface area contributed by atoms with E-state index in [1.165, 1.54) is 23.5 Å². The molecule has 12 heteroatoms. The number of carbonyl (C=O) groups is 1. The van der Waals surface area contributed by atoms with E-state index in [0.29, 0.717) is 51.0 Å². The molecule has 5 rings (SSSR count). The van der Waals surface area contributed by atoms with Gasteiger partial charge in [-0.3, -0.25) is 4.79 Å². The quantitative estimate of drug-likeness (QED) is 0.347. The fourth-order valence-corrected chi connectivity index (χ4v) is 5.39. The molecule has 2 N–H and O–H groups in total. The third kappa shape index (κ3) is 5.57. The summed E-state index contributed by atoms with van der Waals surface area (Å²) in [5.74, 6) is -0.672. The van der Waals surface area contributed by atoms with Crippen molar-refractivity contribution in [3.63, 3.8) is 0 Å². The number of hydrogen-bond acceptors (Lipinski definition) is 7. The fraction of sp³-hybridized carbons (Fsp3) is 0.407. The molecule has 3 aromatic heterocycles. The molecule has 39 heavy (non-hydrogen) atoms. The minimum Gasteiger partial charge on any atom is -0.377 e. The van der Waals surface area contributed by atoms with Crippen LogP contribution >= 0.6 is 11.3 Å². The number of nitrogens with one attached hydrogen (secondary N) is 2. The lowest BCUT2D eigenvalue weighted by Gasteiger charge is -2.33. The monoisotopic (exact) mass is 554 g/mol.